The molecule has 3 heteroatoms. The molecule has 0 fully saturated rings. The van der Waals surface area contributed by atoms with Crippen LogP contribution in [0, 0.1) is 6.92 Å². The van der Waals surface area contributed by atoms with Gasteiger partial charge >= 0.3 is 0 Å². The Bertz CT molecular complexity index is 605. The first-order valence-corrected chi connectivity index (χ1v) is 7.87. The highest BCUT2D eigenvalue weighted by molar-refractivity contribution is 5.94. The number of carbonyl (C=O) groups excluding carboxylic acids is 1. The maximum atomic E-state index is 12.0. The van der Waals surface area contributed by atoms with Crippen molar-refractivity contribution in [3.8, 4) is 0 Å². The Hall–Kier alpha value is -2.29. The van der Waals surface area contributed by atoms with Crippen LogP contribution in [-0.4, -0.2) is 12.5 Å². The summed E-state index contributed by atoms with van der Waals surface area (Å²) in [6, 6.07) is 16.1. The first-order valence-electron chi connectivity index (χ1n) is 7.87. The molecule has 0 aliphatic rings. The third-order valence-corrected chi connectivity index (χ3v) is 3.65. The molecule has 0 heterocycles. The van der Waals surface area contributed by atoms with Gasteiger partial charge in [-0.05, 0) is 49.1 Å². The Balaban J connectivity index is 1.82. The van der Waals surface area contributed by atoms with Crippen molar-refractivity contribution in [1.29, 1.82) is 0 Å². The standard InChI is InChI=1S/C19H24N2O/c1-3-4-8-16-10-12-17(13-11-16)20-14-19(22)21-18-9-6-5-7-15(18)2/h5-7,9-13,20H,3-4,8,14H2,1-2H3,(H,21,22). The van der Waals surface area contributed by atoms with Gasteiger partial charge in [0.1, 0.15) is 0 Å². The van der Waals surface area contributed by atoms with E-state index in [1.165, 1.54) is 18.4 Å². The average molecular weight is 296 g/mol. The van der Waals surface area contributed by atoms with E-state index in [2.05, 4.69) is 29.7 Å². The van der Waals surface area contributed by atoms with E-state index >= 15 is 0 Å². The predicted molar refractivity (Wildman–Crippen MR) is 93.4 cm³/mol. The van der Waals surface area contributed by atoms with Crippen LogP contribution < -0.4 is 10.6 Å². The highest BCUT2D eigenvalue weighted by Crippen LogP contribution is 2.14. The summed E-state index contributed by atoms with van der Waals surface area (Å²) in [5.41, 5.74) is 4.25. The smallest absolute Gasteiger partial charge is 0.243 e. The maximum absolute atomic E-state index is 12.0. The second kappa shape index (κ2) is 8.23. The normalized spacial score (nSPS) is 10.3. The van der Waals surface area contributed by atoms with Gasteiger partial charge in [0, 0.05) is 11.4 Å². The number of nitrogens with one attached hydrogen (secondary N) is 2. The molecule has 0 aromatic heterocycles. The number of amides is 1. The molecule has 2 rings (SSSR count). The number of aryl methyl sites for hydroxylation is 2. The van der Waals surface area contributed by atoms with Crippen molar-refractivity contribution in [2.75, 3.05) is 17.2 Å². The van der Waals surface area contributed by atoms with Gasteiger partial charge in [-0.3, -0.25) is 4.79 Å². The van der Waals surface area contributed by atoms with Crippen molar-refractivity contribution in [1.82, 2.24) is 0 Å². The molecule has 0 unspecified atom stereocenters. The largest absolute Gasteiger partial charge is 0.376 e. The summed E-state index contributed by atoms with van der Waals surface area (Å²) < 4.78 is 0. The van der Waals surface area contributed by atoms with Crippen LogP contribution in [0.3, 0.4) is 0 Å². The molecule has 2 N–H and O–H groups in total. The van der Waals surface area contributed by atoms with Gasteiger partial charge in [0.25, 0.3) is 0 Å². The van der Waals surface area contributed by atoms with E-state index in [-0.39, 0.29) is 12.5 Å². The number of hydrogen-bond acceptors (Lipinski definition) is 2. The summed E-state index contributed by atoms with van der Waals surface area (Å²) in [5.74, 6) is -0.0376. The number of unbranched alkanes of at least 4 members (excludes halogenated alkanes) is 1. The number of benzene rings is 2. The first kappa shape index (κ1) is 16.1. The van der Waals surface area contributed by atoms with Gasteiger partial charge in [0.2, 0.25) is 5.91 Å². The molecule has 2 aromatic carbocycles. The fourth-order valence-electron chi connectivity index (χ4n) is 2.26. The second-order valence-electron chi connectivity index (χ2n) is 5.52. The number of para-hydroxylation sites is 1. The second-order valence-corrected chi connectivity index (χ2v) is 5.52. The van der Waals surface area contributed by atoms with E-state index in [1.807, 2.05) is 43.3 Å². The molecule has 1 amide bonds. The molecule has 0 aliphatic carbocycles. The van der Waals surface area contributed by atoms with Crippen LogP contribution in [0.25, 0.3) is 0 Å². The van der Waals surface area contributed by atoms with Gasteiger partial charge in [0.05, 0.1) is 6.54 Å². The van der Waals surface area contributed by atoms with Gasteiger partial charge in [0.15, 0.2) is 0 Å². The molecule has 0 radical (unpaired) electrons. The fourth-order valence-corrected chi connectivity index (χ4v) is 2.26. The van der Waals surface area contributed by atoms with Gasteiger partial charge < -0.3 is 10.6 Å². The quantitative estimate of drug-likeness (QED) is 0.795. The van der Waals surface area contributed by atoms with E-state index in [4.69, 9.17) is 0 Å². The Morgan fingerprint density at radius 3 is 2.45 bits per heavy atom. The van der Waals surface area contributed by atoms with Crippen LogP contribution in [0.4, 0.5) is 11.4 Å². The molecule has 0 spiro atoms. The van der Waals surface area contributed by atoms with E-state index in [0.717, 1.165) is 23.4 Å². The topological polar surface area (TPSA) is 41.1 Å². The van der Waals surface area contributed by atoms with Crippen molar-refractivity contribution < 1.29 is 4.79 Å². The van der Waals surface area contributed by atoms with E-state index in [9.17, 15) is 4.79 Å². The summed E-state index contributed by atoms with van der Waals surface area (Å²) in [5, 5.41) is 6.07. The van der Waals surface area contributed by atoms with Gasteiger partial charge in [-0.25, -0.2) is 0 Å². The summed E-state index contributed by atoms with van der Waals surface area (Å²) in [7, 11) is 0. The van der Waals surface area contributed by atoms with E-state index in [0.29, 0.717) is 0 Å². The van der Waals surface area contributed by atoms with Crippen LogP contribution in [0.1, 0.15) is 30.9 Å². The zero-order valence-corrected chi connectivity index (χ0v) is 13.4. The molecule has 0 saturated heterocycles. The molecule has 0 atom stereocenters. The summed E-state index contributed by atoms with van der Waals surface area (Å²) in [6.07, 6.45) is 3.54. The van der Waals surface area contributed by atoms with Crippen molar-refractivity contribution in [3.05, 3.63) is 59.7 Å². The third-order valence-electron chi connectivity index (χ3n) is 3.65. The Kier molecular flexibility index (Phi) is 6.01. The molecule has 3 nitrogen and oxygen atoms in total. The maximum Gasteiger partial charge on any atom is 0.243 e. The minimum Gasteiger partial charge on any atom is -0.376 e. The molecule has 22 heavy (non-hydrogen) atoms. The molecular formula is C19H24N2O. The molecular weight excluding hydrogens is 272 g/mol. The lowest BCUT2D eigenvalue weighted by Crippen LogP contribution is -2.22. The van der Waals surface area contributed by atoms with E-state index in [1.54, 1.807) is 0 Å². The highest BCUT2D eigenvalue weighted by atomic mass is 16.1. The number of rotatable bonds is 7. The first-order chi connectivity index (χ1) is 10.7. The van der Waals surface area contributed by atoms with Gasteiger partial charge in [-0.2, -0.15) is 0 Å². The molecule has 0 aliphatic heterocycles. The van der Waals surface area contributed by atoms with Gasteiger partial charge in [-0.1, -0.05) is 43.7 Å². The minimum absolute atomic E-state index is 0.0376. The van der Waals surface area contributed by atoms with Crippen LogP contribution in [0.5, 0.6) is 0 Å². The highest BCUT2D eigenvalue weighted by Gasteiger charge is 2.04. The number of carbonyl (C=O) groups is 1. The van der Waals surface area contributed by atoms with Crippen LogP contribution in [-0.2, 0) is 11.2 Å². The van der Waals surface area contributed by atoms with Crippen molar-refractivity contribution in [3.63, 3.8) is 0 Å². The molecule has 116 valence electrons. The lowest BCUT2D eigenvalue weighted by Gasteiger charge is -2.10. The summed E-state index contributed by atoms with van der Waals surface area (Å²) >= 11 is 0. The fraction of sp³-hybridized carbons (Fsp3) is 0.316. The third kappa shape index (κ3) is 4.92. The molecule has 0 saturated carbocycles. The Morgan fingerprint density at radius 1 is 1.05 bits per heavy atom. The lowest BCUT2D eigenvalue weighted by molar-refractivity contribution is -0.114. The minimum atomic E-state index is -0.0376. The molecule has 2 aromatic rings. The summed E-state index contributed by atoms with van der Waals surface area (Å²) in [6.45, 7) is 4.45. The van der Waals surface area contributed by atoms with Crippen LogP contribution in [0.15, 0.2) is 48.5 Å². The zero-order valence-electron chi connectivity index (χ0n) is 13.4. The average Bonchev–Trinajstić information content (AvgIpc) is 2.54. The lowest BCUT2D eigenvalue weighted by atomic mass is 10.1. The molecule has 0 bridgehead atoms. The SMILES string of the molecule is CCCCc1ccc(NCC(=O)Nc2ccccc2C)cc1. The summed E-state index contributed by atoms with van der Waals surface area (Å²) in [4.78, 5) is 12.0. The number of hydrogen-bond donors (Lipinski definition) is 2. The predicted octanol–water partition coefficient (Wildman–Crippen LogP) is 4.39. The number of anilines is 2. The van der Waals surface area contributed by atoms with Crippen LogP contribution in [0.2, 0.25) is 0 Å². The van der Waals surface area contributed by atoms with Crippen molar-refractivity contribution in [2.45, 2.75) is 33.1 Å². The van der Waals surface area contributed by atoms with Crippen molar-refractivity contribution in [2.24, 2.45) is 0 Å². The van der Waals surface area contributed by atoms with Gasteiger partial charge in [-0.15, -0.1) is 0 Å². The monoisotopic (exact) mass is 296 g/mol. The van der Waals surface area contributed by atoms with E-state index < -0.39 is 0 Å². The Morgan fingerprint density at radius 2 is 1.77 bits per heavy atom. The zero-order chi connectivity index (χ0) is 15.8. The van der Waals surface area contributed by atoms with Crippen molar-refractivity contribution >= 4 is 17.3 Å². The Labute approximate surface area is 132 Å². The van der Waals surface area contributed by atoms with Crippen LogP contribution >= 0.6 is 0 Å².